The molecule has 2 unspecified atom stereocenters. The van der Waals surface area contributed by atoms with Crippen molar-refractivity contribution >= 4 is 15.2 Å². The van der Waals surface area contributed by atoms with Crippen LogP contribution in [0.1, 0.15) is 34.1 Å². The van der Waals surface area contributed by atoms with Crippen LogP contribution in [0.5, 0.6) is 0 Å². The Bertz CT molecular complexity index is 238. The topological polar surface area (TPSA) is 46.3 Å². The molecular weight excluding hydrogens is 195 g/mol. The van der Waals surface area contributed by atoms with Crippen LogP contribution < -0.4 is 5.73 Å². The number of nitrogens with two attached hydrogens (primary N) is 1. The highest BCUT2D eigenvalue weighted by Gasteiger charge is 2.23. The van der Waals surface area contributed by atoms with Gasteiger partial charge in [0.2, 0.25) is 0 Å². The highest BCUT2D eigenvalue weighted by atomic mass is 31.0. The molecule has 1 aliphatic heterocycles. The van der Waals surface area contributed by atoms with Gasteiger partial charge < -0.3 is 5.73 Å². The first kappa shape index (κ1) is 13.6. The van der Waals surface area contributed by atoms with Crippen molar-refractivity contribution < 1.29 is 4.79 Å². The van der Waals surface area contributed by atoms with Gasteiger partial charge in [0, 0.05) is 17.8 Å². The summed E-state index contributed by atoms with van der Waals surface area (Å²) in [4.78, 5) is 11.1. The molecule has 2 atom stereocenters. The maximum atomic E-state index is 11.1. The molecule has 0 amide bonds. The van der Waals surface area contributed by atoms with Crippen molar-refractivity contribution in [1.29, 1.82) is 0 Å². The molecule has 0 aromatic heterocycles. The van der Waals surface area contributed by atoms with Crippen LogP contribution in [-0.2, 0) is 4.79 Å². The molecule has 1 heterocycles. The minimum absolute atomic E-state index is 0.109. The summed E-state index contributed by atoms with van der Waals surface area (Å²) in [5, 5.41) is 0. The first-order valence-corrected chi connectivity index (χ1v) is 5.56. The Labute approximate surface area is 89.0 Å². The summed E-state index contributed by atoms with van der Waals surface area (Å²) in [6, 6.07) is 0.169. The quantitative estimate of drug-likeness (QED) is 0.678. The molecule has 0 aliphatic carbocycles. The monoisotopic (exact) mass is 216 g/mol. The second-order valence-corrected chi connectivity index (χ2v) is 3.82. The van der Waals surface area contributed by atoms with Crippen LogP contribution >= 0.6 is 9.39 Å². The molecule has 14 heavy (non-hydrogen) atoms. The summed E-state index contributed by atoms with van der Waals surface area (Å²) < 4.78 is 2.07. The van der Waals surface area contributed by atoms with Crippen LogP contribution in [0.3, 0.4) is 0 Å². The van der Waals surface area contributed by atoms with Crippen molar-refractivity contribution in [3.8, 4) is 0 Å². The van der Waals surface area contributed by atoms with E-state index < -0.39 is 0 Å². The number of hydrogen-bond donors (Lipinski definition) is 1. The summed E-state index contributed by atoms with van der Waals surface area (Å²) in [5.41, 5.74) is 7.35. The predicted molar refractivity (Wildman–Crippen MR) is 63.7 cm³/mol. The number of nitrogens with zero attached hydrogens (tertiary/aromatic N) is 1. The third-order valence-electron chi connectivity index (χ3n) is 2.34. The number of rotatable bonds is 1. The van der Waals surface area contributed by atoms with E-state index >= 15 is 0 Å². The van der Waals surface area contributed by atoms with Crippen molar-refractivity contribution in [2.45, 2.75) is 40.2 Å². The van der Waals surface area contributed by atoms with E-state index in [4.69, 9.17) is 5.73 Å². The summed E-state index contributed by atoms with van der Waals surface area (Å²) in [6.07, 6.45) is 0.773. The van der Waals surface area contributed by atoms with Crippen molar-refractivity contribution in [3.05, 3.63) is 11.3 Å². The SMILES string of the molecule is CC.CC(=O)C1=C(N)C(C)N(P)CC1. The zero-order valence-electron chi connectivity index (χ0n) is 9.50. The van der Waals surface area contributed by atoms with Gasteiger partial charge in [-0.2, -0.15) is 0 Å². The smallest absolute Gasteiger partial charge is 0.157 e. The lowest BCUT2D eigenvalue weighted by Gasteiger charge is -2.31. The van der Waals surface area contributed by atoms with Crippen molar-refractivity contribution in [2.75, 3.05) is 6.54 Å². The van der Waals surface area contributed by atoms with Gasteiger partial charge in [0.05, 0.1) is 6.04 Å². The van der Waals surface area contributed by atoms with Gasteiger partial charge in [-0.3, -0.25) is 9.46 Å². The van der Waals surface area contributed by atoms with Gasteiger partial charge in [0.15, 0.2) is 5.78 Å². The fraction of sp³-hybridized carbons (Fsp3) is 0.700. The summed E-state index contributed by atoms with van der Waals surface area (Å²) >= 11 is 0. The minimum Gasteiger partial charge on any atom is -0.400 e. The molecular formula is C10H21N2OP. The van der Waals surface area contributed by atoms with Crippen molar-refractivity contribution in [1.82, 2.24) is 4.67 Å². The maximum Gasteiger partial charge on any atom is 0.157 e. The first-order chi connectivity index (χ1) is 6.54. The molecule has 4 heteroatoms. The van der Waals surface area contributed by atoms with Crippen LogP contribution in [0, 0.1) is 0 Å². The van der Waals surface area contributed by atoms with Crippen LogP contribution in [0.25, 0.3) is 0 Å². The van der Waals surface area contributed by atoms with Gasteiger partial charge in [-0.25, -0.2) is 0 Å². The Hall–Kier alpha value is -0.400. The van der Waals surface area contributed by atoms with Crippen LogP contribution in [0.4, 0.5) is 0 Å². The molecule has 0 spiro atoms. The number of carbonyl (C=O) groups is 1. The van der Waals surface area contributed by atoms with Gasteiger partial charge >= 0.3 is 0 Å². The van der Waals surface area contributed by atoms with E-state index in [0.717, 1.165) is 24.2 Å². The lowest BCUT2D eigenvalue weighted by atomic mass is 9.99. The van der Waals surface area contributed by atoms with E-state index in [1.807, 2.05) is 20.8 Å². The second kappa shape index (κ2) is 6.15. The van der Waals surface area contributed by atoms with E-state index in [9.17, 15) is 4.79 Å². The van der Waals surface area contributed by atoms with E-state index in [-0.39, 0.29) is 11.8 Å². The number of ketones is 1. The Kier molecular flexibility index (Phi) is 5.98. The predicted octanol–water partition coefficient (Wildman–Crippen LogP) is 1.70. The summed E-state index contributed by atoms with van der Waals surface area (Å²) in [7, 11) is 2.63. The third kappa shape index (κ3) is 3.07. The average Bonchev–Trinajstić information content (AvgIpc) is 2.17. The van der Waals surface area contributed by atoms with Gasteiger partial charge in [-0.15, -0.1) is 0 Å². The van der Waals surface area contributed by atoms with Crippen LogP contribution in [-0.4, -0.2) is 23.0 Å². The molecule has 2 N–H and O–H groups in total. The summed E-state index contributed by atoms with van der Waals surface area (Å²) in [6.45, 7) is 8.47. The normalized spacial score (nSPS) is 22.8. The molecule has 0 aromatic rings. The number of carbonyl (C=O) groups excluding carboxylic acids is 1. The Morgan fingerprint density at radius 2 is 2.07 bits per heavy atom. The van der Waals surface area contributed by atoms with Crippen molar-refractivity contribution in [3.63, 3.8) is 0 Å². The highest BCUT2D eigenvalue weighted by Crippen LogP contribution is 2.23. The molecule has 1 aliphatic rings. The second-order valence-electron chi connectivity index (χ2n) is 3.15. The lowest BCUT2D eigenvalue weighted by Crippen LogP contribution is -2.36. The molecule has 0 fully saturated rings. The van der Waals surface area contributed by atoms with Gasteiger partial charge in [0.1, 0.15) is 0 Å². The summed E-state index contributed by atoms with van der Waals surface area (Å²) in [5.74, 6) is 0.109. The van der Waals surface area contributed by atoms with E-state index in [1.54, 1.807) is 6.92 Å². The Morgan fingerprint density at radius 1 is 1.57 bits per heavy atom. The molecule has 0 bridgehead atoms. The Balaban J connectivity index is 0.000000791. The molecule has 82 valence electrons. The number of Topliss-reactive ketones (excluding diaryl/α,β-unsaturated/α-hetero) is 1. The van der Waals surface area contributed by atoms with Crippen LogP contribution in [0.15, 0.2) is 11.3 Å². The molecule has 0 radical (unpaired) electrons. The van der Waals surface area contributed by atoms with Gasteiger partial charge in [-0.05, 0) is 20.3 Å². The van der Waals surface area contributed by atoms with E-state index in [0.29, 0.717) is 0 Å². The zero-order chi connectivity index (χ0) is 11.3. The fourth-order valence-corrected chi connectivity index (χ4v) is 1.68. The molecule has 3 nitrogen and oxygen atoms in total. The molecule has 0 aromatic carbocycles. The van der Waals surface area contributed by atoms with E-state index in [1.165, 1.54) is 0 Å². The first-order valence-electron chi connectivity index (χ1n) is 5.05. The van der Waals surface area contributed by atoms with Crippen molar-refractivity contribution in [2.24, 2.45) is 5.73 Å². The van der Waals surface area contributed by atoms with Crippen LogP contribution in [0.2, 0.25) is 0 Å². The fourth-order valence-electron chi connectivity index (χ4n) is 1.39. The molecule has 1 rings (SSSR count). The standard InChI is InChI=1S/C8H15N2OP.C2H6/c1-5-8(9)7(6(2)11)3-4-10(5)12;1-2/h5H,3-4,9,12H2,1-2H3;1-2H3. The lowest BCUT2D eigenvalue weighted by molar-refractivity contribution is -0.113. The third-order valence-corrected chi connectivity index (χ3v) is 3.05. The maximum absolute atomic E-state index is 11.1. The zero-order valence-corrected chi connectivity index (χ0v) is 10.7. The number of hydrogen-bond acceptors (Lipinski definition) is 3. The Morgan fingerprint density at radius 3 is 2.50 bits per heavy atom. The average molecular weight is 216 g/mol. The largest absolute Gasteiger partial charge is 0.400 e. The molecule has 0 saturated carbocycles. The van der Waals surface area contributed by atoms with Gasteiger partial charge in [-0.1, -0.05) is 23.2 Å². The van der Waals surface area contributed by atoms with E-state index in [2.05, 4.69) is 14.1 Å². The highest BCUT2D eigenvalue weighted by molar-refractivity contribution is 7.13. The molecule has 0 saturated heterocycles. The minimum atomic E-state index is 0.109. The van der Waals surface area contributed by atoms with Gasteiger partial charge in [0.25, 0.3) is 0 Å².